The van der Waals surface area contributed by atoms with Gasteiger partial charge in [0.2, 0.25) is 0 Å². The van der Waals surface area contributed by atoms with Gasteiger partial charge in [-0.05, 0) is 29.5 Å². The summed E-state index contributed by atoms with van der Waals surface area (Å²) in [5.74, 6) is 0.328. The van der Waals surface area contributed by atoms with E-state index in [1.807, 2.05) is 65.7 Å². The molecule has 0 aliphatic carbocycles. The lowest BCUT2D eigenvalue weighted by atomic mass is 10.2. The highest BCUT2D eigenvalue weighted by atomic mass is 35.5. The van der Waals surface area contributed by atoms with Gasteiger partial charge >= 0.3 is 0 Å². The van der Waals surface area contributed by atoms with Gasteiger partial charge in [-0.15, -0.1) is 10.2 Å². The number of nitrogens with zero attached hydrogens (tertiary/aromatic N) is 4. The minimum Gasteiger partial charge on any atom is -0.274 e. The van der Waals surface area contributed by atoms with Gasteiger partial charge in [0.1, 0.15) is 5.02 Å². The van der Waals surface area contributed by atoms with E-state index in [0.717, 1.165) is 11.4 Å². The van der Waals surface area contributed by atoms with E-state index in [2.05, 4.69) is 20.8 Å². The zero-order valence-electron chi connectivity index (χ0n) is 11.3. The molecule has 0 fully saturated rings. The maximum absolute atomic E-state index is 6.13. The Morgan fingerprint density at radius 3 is 1.86 bits per heavy atom. The fraction of sp³-hybridized carbons (Fsp3) is 0. The highest BCUT2D eigenvalue weighted by Crippen LogP contribution is 2.29. The van der Waals surface area contributed by atoms with Crippen LogP contribution in [0.25, 0.3) is 0 Å². The van der Waals surface area contributed by atoms with Gasteiger partial charge < -0.3 is 0 Å². The average molecular weight is 332 g/mol. The van der Waals surface area contributed by atoms with E-state index in [9.17, 15) is 0 Å². The first kappa shape index (κ1) is 14.6. The molecule has 2 aromatic carbocycles. The van der Waals surface area contributed by atoms with E-state index >= 15 is 0 Å². The van der Waals surface area contributed by atoms with Gasteiger partial charge in [0.15, 0.2) is 11.0 Å². The standard InChI is InChI=1S/C15H11Cl2N5/c16-13-14(17)18-21-19-15(13)20-22(11-7-3-1-4-8-11)12-9-5-2-6-10-12/h1-10H,(H,18,19,20). The number of hydrogen-bond donors (Lipinski definition) is 1. The summed E-state index contributed by atoms with van der Waals surface area (Å²) in [5, 5.41) is 13.2. The van der Waals surface area contributed by atoms with Crippen LogP contribution >= 0.6 is 23.2 Å². The number of hydrazine groups is 1. The summed E-state index contributed by atoms with van der Waals surface area (Å²) < 4.78 is 0. The lowest BCUT2D eigenvalue weighted by molar-refractivity contribution is 0.863. The third-order valence-electron chi connectivity index (χ3n) is 2.91. The Hall–Kier alpha value is -2.37. The maximum atomic E-state index is 6.13. The molecule has 1 aromatic heterocycles. The summed E-state index contributed by atoms with van der Waals surface area (Å²) in [7, 11) is 0. The fourth-order valence-corrected chi connectivity index (χ4v) is 2.14. The van der Waals surface area contributed by atoms with Crippen molar-refractivity contribution in [1.29, 1.82) is 0 Å². The summed E-state index contributed by atoms with van der Waals surface area (Å²) in [6.45, 7) is 0. The van der Waals surface area contributed by atoms with Crippen molar-refractivity contribution >= 4 is 40.4 Å². The Balaban J connectivity index is 2.01. The molecule has 1 N–H and O–H groups in total. The Morgan fingerprint density at radius 2 is 1.32 bits per heavy atom. The van der Waals surface area contributed by atoms with E-state index in [0.29, 0.717) is 5.82 Å². The molecule has 0 atom stereocenters. The summed E-state index contributed by atoms with van der Waals surface area (Å²) >= 11 is 12.0. The smallest absolute Gasteiger partial charge is 0.191 e. The van der Waals surface area contributed by atoms with E-state index in [1.165, 1.54) is 0 Å². The molecule has 0 amide bonds. The predicted molar refractivity (Wildman–Crippen MR) is 88.5 cm³/mol. The SMILES string of the molecule is Clc1nnnc(NN(c2ccccc2)c2ccccc2)c1Cl. The van der Waals surface area contributed by atoms with Gasteiger partial charge in [-0.25, -0.2) is 0 Å². The fourth-order valence-electron chi connectivity index (χ4n) is 1.90. The molecule has 0 spiro atoms. The van der Waals surface area contributed by atoms with Crippen LogP contribution in [0.1, 0.15) is 0 Å². The minimum absolute atomic E-state index is 0.0974. The Morgan fingerprint density at radius 1 is 0.773 bits per heavy atom. The predicted octanol–water partition coefficient (Wildman–Crippen LogP) is 4.34. The zero-order chi connectivity index (χ0) is 15.4. The Bertz CT molecular complexity index is 713. The average Bonchev–Trinajstić information content (AvgIpc) is 2.58. The number of benzene rings is 2. The second kappa shape index (κ2) is 6.60. The van der Waals surface area contributed by atoms with Crippen molar-refractivity contribution in [1.82, 2.24) is 15.4 Å². The van der Waals surface area contributed by atoms with Crippen LogP contribution in [-0.4, -0.2) is 15.4 Å². The number of anilines is 3. The second-order valence-electron chi connectivity index (χ2n) is 4.36. The first-order chi connectivity index (χ1) is 10.8. The molecular formula is C15H11Cl2N5. The summed E-state index contributed by atoms with van der Waals surface area (Å²) in [5.41, 5.74) is 4.96. The van der Waals surface area contributed by atoms with Crippen LogP contribution < -0.4 is 10.4 Å². The molecule has 0 aliphatic heterocycles. The molecule has 5 nitrogen and oxygen atoms in total. The molecule has 110 valence electrons. The summed E-state index contributed by atoms with van der Waals surface area (Å²) in [6.07, 6.45) is 0. The van der Waals surface area contributed by atoms with Crippen molar-refractivity contribution in [2.75, 3.05) is 10.4 Å². The van der Waals surface area contributed by atoms with Crippen molar-refractivity contribution in [3.8, 4) is 0 Å². The monoisotopic (exact) mass is 331 g/mol. The topological polar surface area (TPSA) is 53.9 Å². The van der Waals surface area contributed by atoms with Crippen LogP contribution in [0.4, 0.5) is 17.2 Å². The number of rotatable bonds is 4. The zero-order valence-corrected chi connectivity index (χ0v) is 12.8. The largest absolute Gasteiger partial charge is 0.274 e. The van der Waals surface area contributed by atoms with E-state index < -0.39 is 0 Å². The van der Waals surface area contributed by atoms with Gasteiger partial charge in [0.25, 0.3) is 0 Å². The molecule has 0 saturated heterocycles. The van der Waals surface area contributed by atoms with Crippen molar-refractivity contribution in [2.45, 2.75) is 0 Å². The molecule has 3 rings (SSSR count). The number of aromatic nitrogens is 3. The van der Waals surface area contributed by atoms with Gasteiger partial charge in [-0.3, -0.25) is 10.4 Å². The second-order valence-corrected chi connectivity index (χ2v) is 5.10. The van der Waals surface area contributed by atoms with Crippen LogP contribution in [0.15, 0.2) is 60.7 Å². The number of para-hydroxylation sites is 2. The molecular weight excluding hydrogens is 321 g/mol. The lowest BCUT2D eigenvalue weighted by Crippen LogP contribution is -2.25. The van der Waals surface area contributed by atoms with Crippen LogP contribution in [0.2, 0.25) is 10.2 Å². The normalized spacial score (nSPS) is 10.3. The first-order valence-electron chi connectivity index (χ1n) is 6.47. The molecule has 0 bridgehead atoms. The van der Waals surface area contributed by atoms with Gasteiger partial charge in [0.05, 0.1) is 11.4 Å². The van der Waals surface area contributed by atoms with E-state index in [1.54, 1.807) is 0 Å². The minimum atomic E-state index is 0.0974. The van der Waals surface area contributed by atoms with Crippen molar-refractivity contribution < 1.29 is 0 Å². The van der Waals surface area contributed by atoms with Crippen molar-refractivity contribution in [2.24, 2.45) is 0 Å². The van der Waals surface area contributed by atoms with E-state index in [-0.39, 0.29) is 10.2 Å². The van der Waals surface area contributed by atoms with Crippen LogP contribution in [-0.2, 0) is 0 Å². The number of hydrogen-bond acceptors (Lipinski definition) is 5. The molecule has 22 heavy (non-hydrogen) atoms. The maximum Gasteiger partial charge on any atom is 0.191 e. The third kappa shape index (κ3) is 3.10. The molecule has 0 aliphatic rings. The molecule has 0 saturated carbocycles. The van der Waals surface area contributed by atoms with Crippen molar-refractivity contribution in [3.05, 3.63) is 70.8 Å². The van der Waals surface area contributed by atoms with Gasteiger partial charge in [-0.1, -0.05) is 59.6 Å². The molecule has 7 heteroatoms. The molecule has 0 unspecified atom stereocenters. The summed E-state index contributed by atoms with van der Waals surface area (Å²) in [4.78, 5) is 0. The van der Waals surface area contributed by atoms with E-state index in [4.69, 9.17) is 23.2 Å². The highest BCUT2D eigenvalue weighted by Gasteiger charge is 2.14. The molecule has 1 heterocycles. The Labute approximate surface area is 137 Å². The first-order valence-corrected chi connectivity index (χ1v) is 7.22. The van der Waals surface area contributed by atoms with Crippen molar-refractivity contribution in [3.63, 3.8) is 0 Å². The van der Waals surface area contributed by atoms with Crippen LogP contribution in [0.3, 0.4) is 0 Å². The molecule has 0 radical (unpaired) electrons. The highest BCUT2D eigenvalue weighted by molar-refractivity contribution is 6.42. The van der Waals surface area contributed by atoms with Crippen LogP contribution in [0.5, 0.6) is 0 Å². The summed E-state index contributed by atoms with van der Waals surface area (Å²) in [6, 6.07) is 19.5. The number of halogens is 2. The Kier molecular flexibility index (Phi) is 4.37. The lowest BCUT2D eigenvalue weighted by Gasteiger charge is -2.26. The van der Waals surface area contributed by atoms with Crippen LogP contribution in [0, 0.1) is 0 Å². The van der Waals surface area contributed by atoms with Gasteiger partial charge in [-0.2, -0.15) is 0 Å². The number of nitrogens with one attached hydrogen (secondary N) is 1. The van der Waals surface area contributed by atoms with Gasteiger partial charge in [0, 0.05) is 0 Å². The third-order valence-corrected chi connectivity index (χ3v) is 3.63. The quantitative estimate of drug-likeness (QED) is 0.720. The molecule has 3 aromatic rings.